The van der Waals surface area contributed by atoms with E-state index in [0.29, 0.717) is 11.7 Å². The Balaban J connectivity index is 1.71. The van der Waals surface area contributed by atoms with E-state index in [-0.39, 0.29) is 11.0 Å². The molecule has 1 unspecified atom stereocenters. The highest BCUT2D eigenvalue weighted by Gasteiger charge is 2.35. The summed E-state index contributed by atoms with van der Waals surface area (Å²) in [6.07, 6.45) is 22.8. The van der Waals surface area contributed by atoms with Crippen molar-refractivity contribution in [3.05, 3.63) is 22.8 Å². The van der Waals surface area contributed by atoms with Gasteiger partial charge in [-0.15, -0.1) is 0 Å². The molecule has 2 nitrogen and oxygen atoms in total. The molecule has 1 aliphatic heterocycles. The van der Waals surface area contributed by atoms with Gasteiger partial charge in [-0.05, 0) is 50.0 Å². The predicted molar refractivity (Wildman–Crippen MR) is 153 cm³/mol. The highest BCUT2D eigenvalue weighted by atomic mass is 16.5. The predicted octanol–water partition coefficient (Wildman–Crippen LogP) is 10.8. The van der Waals surface area contributed by atoms with Gasteiger partial charge in [-0.25, -0.2) is 0 Å². The first kappa shape index (κ1) is 30.0. The number of phenolic OH excluding ortho intramolecular Hbond substituents is 1. The van der Waals surface area contributed by atoms with Crippen LogP contribution in [0.15, 0.2) is 6.07 Å². The molecule has 1 N–H and O–H groups in total. The van der Waals surface area contributed by atoms with Gasteiger partial charge in [0.15, 0.2) is 0 Å². The van der Waals surface area contributed by atoms with Crippen molar-refractivity contribution < 1.29 is 9.84 Å². The molecule has 1 atom stereocenters. The van der Waals surface area contributed by atoms with E-state index >= 15 is 0 Å². The summed E-state index contributed by atoms with van der Waals surface area (Å²) in [6.45, 7) is 15.5. The molecule has 1 aromatic carbocycles. The molecule has 202 valence electrons. The molecule has 1 aromatic rings. The maximum Gasteiger partial charge on any atom is 0.124 e. The zero-order chi connectivity index (χ0) is 25.9. The number of fused-ring (bicyclic) bond motifs is 1. The molecule has 0 radical (unpaired) electrons. The van der Waals surface area contributed by atoms with Crippen molar-refractivity contribution in [2.24, 2.45) is 0 Å². The van der Waals surface area contributed by atoms with E-state index < -0.39 is 0 Å². The number of phenols is 1. The molecule has 2 rings (SSSR count). The lowest BCUT2D eigenvalue weighted by Gasteiger charge is -2.38. The minimum absolute atomic E-state index is 0.0789. The third kappa shape index (κ3) is 9.66. The van der Waals surface area contributed by atoms with Crippen molar-refractivity contribution in [3.63, 3.8) is 0 Å². The first-order valence-electron chi connectivity index (χ1n) is 15.2. The van der Waals surface area contributed by atoms with Crippen molar-refractivity contribution in [2.75, 3.05) is 0 Å². The second kappa shape index (κ2) is 14.5. The van der Waals surface area contributed by atoms with Crippen LogP contribution in [0.25, 0.3) is 0 Å². The summed E-state index contributed by atoms with van der Waals surface area (Å²) in [6, 6.07) is 2.14. The van der Waals surface area contributed by atoms with Gasteiger partial charge in [0.25, 0.3) is 0 Å². The molecule has 0 aliphatic carbocycles. The van der Waals surface area contributed by atoms with Crippen molar-refractivity contribution in [3.8, 4) is 11.5 Å². The van der Waals surface area contributed by atoms with Crippen LogP contribution in [0.5, 0.6) is 11.5 Å². The van der Waals surface area contributed by atoms with Crippen LogP contribution < -0.4 is 4.74 Å². The van der Waals surface area contributed by atoms with E-state index in [1.54, 1.807) is 0 Å². The van der Waals surface area contributed by atoms with Gasteiger partial charge >= 0.3 is 0 Å². The minimum Gasteiger partial charge on any atom is -0.507 e. The van der Waals surface area contributed by atoms with Crippen molar-refractivity contribution >= 4 is 0 Å². The Hall–Kier alpha value is -1.18. The Bertz CT molecular complexity index is 742. The Labute approximate surface area is 218 Å². The van der Waals surface area contributed by atoms with Gasteiger partial charge < -0.3 is 9.84 Å². The lowest BCUT2D eigenvalue weighted by Crippen LogP contribution is -2.37. The van der Waals surface area contributed by atoms with Gasteiger partial charge in [-0.3, -0.25) is 0 Å². The highest BCUT2D eigenvalue weighted by molar-refractivity contribution is 5.57. The van der Waals surface area contributed by atoms with Crippen LogP contribution in [0, 0.1) is 0 Å². The second-order valence-corrected chi connectivity index (χ2v) is 13.0. The maximum atomic E-state index is 11.1. The normalized spacial score (nSPS) is 18.1. The molecule has 0 saturated carbocycles. The van der Waals surface area contributed by atoms with E-state index in [0.717, 1.165) is 36.1 Å². The van der Waals surface area contributed by atoms with Crippen molar-refractivity contribution in [1.82, 2.24) is 0 Å². The molecule has 0 spiro atoms. The van der Waals surface area contributed by atoms with Crippen LogP contribution in [0.3, 0.4) is 0 Å². The summed E-state index contributed by atoms with van der Waals surface area (Å²) >= 11 is 0. The molecule has 1 aliphatic rings. The minimum atomic E-state index is -0.103. The number of unbranched alkanes of at least 4 members (excludes halogenated alkanes) is 13. The van der Waals surface area contributed by atoms with Gasteiger partial charge in [0.05, 0.1) is 0 Å². The van der Waals surface area contributed by atoms with Crippen LogP contribution in [0.2, 0.25) is 0 Å². The van der Waals surface area contributed by atoms with Gasteiger partial charge in [-0.1, -0.05) is 125 Å². The molecule has 0 bridgehead atoms. The van der Waals surface area contributed by atoms with Gasteiger partial charge in [0.1, 0.15) is 17.1 Å². The summed E-state index contributed by atoms with van der Waals surface area (Å²) in [5, 5.41) is 11.1. The Morgan fingerprint density at radius 1 is 0.857 bits per heavy atom. The molecular formula is C33H58O2. The molecule has 0 fully saturated rings. The fourth-order valence-corrected chi connectivity index (χ4v) is 5.83. The first-order chi connectivity index (χ1) is 16.6. The van der Waals surface area contributed by atoms with Crippen LogP contribution in [0.4, 0.5) is 0 Å². The fourth-order valence-electron chi connectivity index (χ4n) is 5.83. The quantitative estimate of drug-likeness (QED) is 0.235. The number of hydrogen-bond acceptors (Lipinski definition) is 2. The molecular weight excluding hydrogens is 428 g/mol. The molecule has 2 heteroatoms. The maximum absolute atomic E-state index is 11.1. The van der Waals surface area contributed by atoms with E-state index in [4.69, 9.17) is 4.74 Å². The second-order valence-electron chi connectivity index (χ2n) is 13.0. The van der Waals surface area contributed by atoms with E-state index in [1.807, 2.05) is 0 Å². The van der Waals surface area contributed by atoms with Crippen LogP contribution in [0.1, 0.15) is 174 Å². The molecule has 0 saturated heterocycles. The summed E-state index contributed by atoms with van der Waals surface area (Å²) in [4.78, 5) is 0. The van der Waals surface area contributed by atoms with E-state index in [2.05, 4.69) is 54.5 Å². The number of aromatic hydroxyl groups is 1. The van der Waals surface area contributed by atoms with Crippen LogP contribution in [-0.4, -0.2) is 10.7 Å². The Morgan fingerprint density at radius 3 is 1.80 bits per heavy atom. The summed E-state index contributed by atoms with van der Waals surface area (Å²) in [7, 11) is 0. The van der Waals surface area contributed by atoms with Gasteiger partial charge in [0, 0.05) is 16.7 Å². The molecule has 35 heavy (non-hydrogen) atoms. The van der Waals surface area contributed by atoms with E-state index in [9.17, 15) is 5.11 Å². The van der Waals surface area contributed by atoms with E-state index in [1.165, 1.54) is 95.5 Å². The summed E-state index contributed by atoms with van der Waals surface area (Å²) in [5.41, 5.74) is 3.18. The highest BCUT2D eigenvalue weighted by Crippen LogP contribution is 2.47. The zero-order valence-corrected chi connectivity index (χ0v) is 24.5. The SMILES string of the molecule is CCCCCCCCCCCCCCCCC1(C)CCc2c(cc(C(C)(C)C)c(O)c2C(C)C)O1. The largest absolute Gasteiger partial charge is 0.507 e. The van der Waals surface area contributed by atoms with Crippen molar-refractivity contribution in [1.29, 1.82) is 0 Å². The Morgan fingerprint density at radius 2 is 1.34 bits per heavy atom. The third-order valence-electron chi connectivity index (χ3n) is 8.11. The molecule has 0 aromatic heterocycles. The Kier molecular flexibility index (Phi) is 12.5. The average molecular weight is 487 g/mol. The average Bonchev–Trinajstić information content (AvgIpc) is 2.78. The standard InChI is InChI=1S/C33H58O2/c1-8-9-10-11-12-13-14-15-16-17-18-19-20-21-23-33(7)24-22-27-29(35-33)25-28(32(4,5)6)31(34)30(27)26(2)3/h25-26,34H,8-24H2,1-7H3. The lowest BCUT2D eigenvalue weighted by molar-refractivity contribution is 0.0527. The number of ether oxygens (including phenoxy) is 1. The number of benzene rings is 1. The first-order valence-corrected chi connectivity index (χ1v) is 15.2. The van der Waals surface area contributed by atoms with Crippen molar-refractivity contribution in [2.45, 2.75) is 175 Å². The fraction of sp³-hybridized carbons (Fsp3) is 0.818. The smallest absolute Gasteiger partial charge is 0.124 e. The summed E-state index contributed by atoms with van der Waals surface area (Å²) < 4.78 is 6.70. The lowest BCUT2D eigenvalue weighted by atomic mass is 9.78. The van der Waals surface area contributed by atoms with Gasteiger partial charge in [0.2, 0.25) is 0 Å². The van der Waals surface area contributed by atoms with Gasteiger partial charge in [-0.2, -0.15) is 0 Å². The number of hydrogen-bond donors (Lipinski definition) is 1. The molecule has 0 amide bonds. The van der Waals surface area contributed by atoms with Crippen LogP contribution >= 0.6 is 0 Å². The third-order valence-corrected chi connectivity index (χ3v) is 8.11. The topological polar surface area (TPSA) is 29.5 Å². The molecule has 1 heterocycles. The summed E-state index contributed by atoms with van der Waals surface area (Å²) in [5.74, 6) is 1.81. The monoisotopic (exact) mass is 486 g/mol. The number of rotatable bonds is 16. The van der Waals surface area contributed by atoms with Crippen LogP contribution in [-0.2, 0) is 11.8 Å². The zero-order valence-electron chi connectivity index (χ0n) is 24.5.